The van der Waals surface area contributed by atoms with Crippen molar-refractivity contribution in [1.29, 1.82) is 0 Å². The van der Waals surface area contributed by atoms with Crippen LogP contribution >= 0.6 is 0 Å². The van der Waals surface area contributed by atoms with Gasteiger partial charge in [-0.15, -0.1) is 0 Å². The number of aliphatic hydroxyl groups is 1. The summed E-state index contributed by atoms with van der Waals surface area (Å²) in [6.45, 7) is 6.99. The van der Waals surface area contributed by atoms with E-state index in [1.54, 1.807) is 6.92 Å². The third kappa shape index (κ3) is 6.86. The maximum Gasteiger partial charge on any atom is 0.307 e. The first kappa shape index (κ1) is 13.4. The van der Waals surface area contributed by atoms with E-state index in [2.05, 4.69) is 5.32 Å². The highest BCUT2D eigenvalue weighted by Crippen LogP contribution is 1.96. The standard InChI is InChI=1S/C10H21NO3/c1-4-14-10(13)5-9(3)11-6-8(2)7-12/h8-9,11-12H,4-7H2,1-3H3. The van der Waals surface area contributed by atoms with Crippen molar-refractivity contribution in [3.05, 3.63) is 0 Å². The molecule has 0 radical (unpaired) electrons. The van der Waals surface area contributed by atoms with Crippen molar-refractivity contribution in [3.63, 3.8) is 0 Å². The Hall–Kier alpha value is -0.610. The lowest BCUT2D eigenvalue weighted by Gasteiger charge is -2.15. The van der Waals surface area contributed by atoms with Crippen molar-refractivity contribution >= 4 is 5.97 Å². The van der Waals surface area contributed by atoms with Crippen molar-refractivity contribution in [3.8, 4) is 0 Å². The molecule has 0 aliphatic heterocycles. The third-order valence-corrected chi connectivity index (χ3v) is 1.90. The van der Waals surface area contributed by atoms with Crippen molar-refractivity contribution in [2.24, 2.45) is 5.92 Å². The van der Waals surface area contributed by atoms with E-state index < -0.39 is 0 Å². The minimum Gasteiger partial charge on any atom is -0.466 e. The van der Waals surface area contributed by atoms with Crippen LogP contribution < -0.4 is 5.32 Å². The molecule has 2 N–H and O–H groups in total. The van der Waals surface area contributed by atoms with Crippen LogP contribution in [0.15, 0.2) is 0 Å². The highest BCUT2D eigenvalue weighted by atomic mass is 16.5. The Bertz CT molecular complexity index is 161. The molecule has 0 aromatic rings. The summed E-state index contributed by atoms with van der Waals surface area (Å²) in [5.41, 5.74) is 0. The lowest BCUT2D eigenvalue weighted by molar-refractivity contribution is -0.143. The molecule has 0 heterocycles. The Labute approximate surface area is 85.6 Å². The fraction of sp³-hybridized carbons (Fsp3) is 0.900. The topological polar surface area (TPSA) is 58.6 Å². The van der Waals surface area contributed by atoms with Gasteiger partial charge < -0.3 is 15.2 Å². The van der Waals surface area contributed by atoms with Gasteiger partial charge in [0, 0.05) is 19.2 Å². The molecule has 4 nitrogen and oxygen atoms in total. The van der Waals surface area contributed by atoms with Gasteiger partial charge in [-0.3, -0.25) is 4.79 Å². The maximum absolute atomic E-state index is 11.1. The summed E-state index contributed by atoms with van der Waals surface area (Å²) >= 11 is 0. The third-order valence-electron chi connectivity index (χ3n) is 1.90. The molecule has 0 saturated heterocycles. The number of carbonyl (C=O) groups excluding carboxylic acids is 1. The number of hydrogen-bond donors (Lipinski definition) is 2. The number of carbonyl (C=O) groups is 1. The van der Waals surface area contributed by atoms with Crippen LogP contribution in [0.3, 0.4) is 0 Å². The Morgan fingerprint density at radius 3 is 2.64 bits per heavy atom. The normalized spacial score (nSPS) is 14.9. The summed E-state index contributed by atoms with van der Waals surface area (Å²) in [7, 11) is 0. The van der Waals surface area contributed by atoms with Gasteiger partial charge in [0.1, 0.15) is 0 Å². The van der Waals surface area contributed by atoms with Gasteiger partial charge in [0.2, 0.25) is 0 Å². The summed E-state index contributed by atoms with van der Waals surface area (Å²) in [6.07, 6.45) is 0.381. The number of nitrogens with one attached hydrogen (secondary N) is 1. The van der Waals surface area contributed by atoms with Crippen LogP contribution in [0.2, 0.25) is 0 Å². The minimum atomic E-state index is -0.177. The molecule has 0 amide bonds. The van der Waals surface area contributed by atoms with E-state index in [1.807, 2.05) is 13.8 Å². The zero-order valence-electron chi connectivity index (χ0n) is 9.25. The molecular formula is C10H21NO3. The average molecular weight is 203 g/mol. The first-order valence-corrected chi connectivity index (χ1v) is 5.10. The van der Waals surface area contributed by atoms with Crippen LogP contribution in [-0.2, 0) is 9.53 Å². The van der Waals surface area contributed by atoms with Gasteiger partial charge >= 0.3 is 5.97 Å². The average Bonchev–Trinajstić information content (AvgIpc) is 2.14. The molecule has 2 unspecified atom stereocenters. The quantitative estimate of drug-likeness (QED) is 0.593. The van der Waals surface area contributed by atoms with Gasteiger partial charge in [0.05, 0.1) is 13.0 Å². The molecule has 84 valence electrons. The predicted molar refractivity (Wildman–Crippen MR) is 55.0 cm³/mol. The largest absolute Gasteiger partial charge is 0.466 e. The molecular weight excluding hydrogens is 182 g/mol. The molecule has 0 aromatic carbocycles. The predicted octanol–water partition coefficient (Wildman–Crippen LogP) is 0.546. The fourth-order valence-electron chi connectivity index (χ4n) is 1.01. The first-order chi connectivity index (χ1) is 6.60. The summed E-state index contributed by atoms with van der Waals surface area (Å²) in [5, 5.41) is 11.9. The molecule has 0 fully saturated rings. The van der Waals surface area contributed by atoms with E-state index in [4.69, 9.17) is 9.84 Å². The monoisotopic (exact) mass is 203 g/mol. The van der Waals surface area contributed by atoms with Gasteiger partial charge in [0.15, 0.2) is 0 Å². The zero-order valence-corrected chi connectivity index (χ0v) is 9.25. The summed E-state index contributed by atoms with van der Waals surface area (Å²) in [6, 6.07) is 0.100. The van der Waals surface area contributed by atoms with Crippen LogP contribution in [0.4, 0.5) is 0 Å². The highest BCUT2D eigenvalue weighted by Gasteiger charge is 2.10. The number of hydrogen-bond acceptors (Lipinski definition) is 4. The Balaban J connectivity index is 3.54. The van der Waals surface area contributed by atoms with Crippen molar-refractivity contribution in [2.75, 3.05) is 19.8 Å². The van der Waals surface area contributed by atoms with E-state index in [-0.39, 0.29) is 24.5 Å². The van der Waals surface area contributed by atoms with Crippen LogP contribution in [0.25, 0.3) is 0 Å². The number of ether oxygens (including phenoxy) is 1. The molecule has 2 atom stereocenters. The first-order valence-electron chi connectivity index (χ1n) is 5.10. The Morgan fingerprint density at radius 1 is 1.50 bits per heavy atom. The van der Waals surface area contributed by atoms with E-state index in [0.717, 1.165) is 6.54 Å². The molecule has 0 saturated carbocycles. The number of aliphatic hydroxyl groups excluding tert-OH is 1. The molecule has 14 heavy (non-hydrogen) atoms. The van der Waals surface area contributed by atoms with Crippen LogP contribution in [0, 0.1) is 5.92 Å². The Morgan fingerprint density at radius 2 is 2.14 bits per heavy atom. The lowest BCUT2D eigenvalue weighted by atomic mass is 10.1. The smallest absolute Gasteiger partial charge is 0.307 e. The summed E-state index contributed by atoms with van der Waals surface area (Å²) in [4.78, 5) is 11.1. The second-order valence-corrected chi connectivity index (χ2v) is 3.61. The van der Waals surface area contributed by atoms with Gasteiger partial charge in [0.25, 0.3) is 0 Å². The molecule has 0 aromatic heterocycles. The number of rotatable bonds is 7. The lowest BCUT2D eigenvalue weighted by Crippen LogP contribution is -2.33. The number of esters is 1. The van der Waals surface area contributed by atoms with E-state index in [1.165, 1.54) is 0 Å². The summed E-state index contributed by atoms with van der Waals surface area (Å²) < 4.78 is 4.82. The molecule has 0 bridgehead atoms. The van der Waals surface area contributed by atoms with Gasteiger partial charge in [-0.2, -0.15) is 0 Å². The van der Waals surface area contributed by atoms with E-state index in [9.17, 15) is 4.79 Å². The Kier molecular flexibility index (Phi) is 7.42. The molecule has 4 heteroatoms. The van der Waals surface area contributed by atoms with E-state index >= 15 is 0 Å². The van der Waals surface area contributed by atoms with E-state index in [0.29, 0.717) is 13.0 Å². The second-order valence-electron chi connectivity index (χ2n) is 3.61. The van der Waals surface area contributed by atoms with Crippen LogP contribution in [-0.4, -0.2) is 36.9 Å². The molecule has 0 rings (SSSR count). The van der Waals surface area contributed by atoms with Gasteiger partial charge in [-0.05, 0) is 19.8 Å². The van der Waals surface area contributed by atoms with Gasteiger partial charge in [-0.1, -0.05) is 6.92 Å². The molecule has 0 spiro atoms. The summed E-state index contributed by atoms with van der Waals surface area (Å²) in [5.74, 6) is 0.0452. The molecule has 0 aliphatic rings. The second kappa shape index (κ2) is 7.76. The van der Waals surface area contributed by atoms with Crippen molar-refractivity contribution in [1.82, 2.24) is 5.32 Å². The highest BCUT2D eigenvalue weighted by molar-refractivity contribution is 5.69. The van der Waals surface area contributed by atoms with Gasteiger partial charge in [-0.25, -0.2) is 0 Å². The van der Waals surface area contributed by atoms with Crippen molar-refractivity contribution in [2.45, 2.75) is 33.2 Å². The maximum atomic E-state index is 11.1. The zero-order chi connectivity index (χ0) is 11.0. The van der Waals surface area contributed by atoms with Crippen molar-refractivity contribution < 1.29 is 14.6 Å². The molecule has 0 aliphatic carbocycles. The van der Waals surface area contributed by atoms with Crippen LogP contribution in [0.5, 0.6) is 0 Å². The fourth-order valence-corrected chi connectivity index (χ4v) is 1.01. The minimum absolute atomic E-state index is 0.100. The SMILES string of the molecule is CCOC(=O)CC(C)NCC(C)CO. The van der Waals surface area contributed by atoms with Crippen LogP contribution in [0.1, 0.15) is 27.2 Å².